The van der Waals surface area contributed by atoms with Crippen molar-refractivity contribution >= 4 is 17.3 Å². The van der Waals surface area contributed by atoms with Crippen molar-refractivity contribution in [2.45, 2.75) is 19.4 Å². The molecule has 2 aliphatic rings. The Morgan fingerprint density at radius 1 is 1.00 bits per heavy atom. The number of ketones is 1. The molecule has 2 aromatic carbocycles. The second kappa shape index (κ2) is 8.22. The van der Waals surface area contributed by atoms with Gasteiger partial charge in [0.05, 0.1) is 36.9 Å². The van der Waals surface area contributed by atoms with E-state index < -0.39 is 17.2 Å². The zero-order valence-corrected chi connectivity index (χ0v) is 18.3. The standard InChI is InChI=1S/C25H23N3O5/c1-3-33-17-11-7-6-10-16(17)18-19-21(14-8-4-5-9-15(14)22(19)29)26-23-20(18)24(30)27-25(31)28(23)12-13-32-2/h4-11,18,26H,3,12-13H2,1-2H3,(H,27,30,31). The van der Waals surface area contributed by atoms with E-state index in [0.29, 0.717) is 46.1 Å². The Bertz CT molecular complexity index is 1420. The molecular formula is C25H23N3O5. The van der Waals surface area contributed by atoms with Crippen molar-refractivity contribution in [2.75, 3.05) is 25.6 Å². The number of hydrogen-bond acceptors (Lipinski definition) is 6. The van der Waals surface area contributed by atoms with Crippen LogP contribution in [0.3, 0.4) is 0 Å². The molecule has 1 atom stereocenters. The summed E-state index contributed by atoms with van der Waals surface area (Å²) in [5.74, 6) is 0.0870. The fourth-order valence-electron chi connectivity index (χ4n) is 4.68. The minimum atomic E-state index is -0.711. The first-order chi connectivity index (χ1) is 16.1. The van der Waals surface area contributed by atoms with Gasteiger partial charge in [0.15, 0.2) is 5.78 Å². The molecule has 8 nitrogen and oxygen atoms in total. The van der Waals surface area contributed by atoms with Crippen LogP contribution in [0.4, 0.5) is 5.82 Å². The Morgan fingerprint density at radius 2 is 1.73 bits per heavy atom. The van der Waals surface area contributed by atoms with E-state index >= 15 is 0 Å². The van der Waals surface area contributed by atoms with Crippen LogP contribution < -0.4 is 21.3 Å². The molecule has 2 N–H and O–H groups in total. The Kier molecular flexibility index (Phi) is 5.22. The lowest BCUT2D eigenvalue weighted by Crippen LogP contribution is -2.39. The molecule has 33 heavy (non-hydrogen) atoms. The van der Waals surface area contributed by atoms with Gasteiger partial charge < -0.3 is 14.8 Å². The second-order valence-corrected chi connectivity index (χ2v) is 7.86. The number of anilines is 1. The summed E-state index contributed by atoms with van der Waals surface area (Å²) in [6.07, 6.45) is 0. The molecule has 1 aliphatic carbocycles. The Hall–Kier alpha value is -3.91. The molecule has 2 heterocycles. The van der Waals surface area contributed by atoms with Gasteiger partial charge >= 0.3 is 5.69 Å². The van der Waals surface area contributed by atoms with E-state index in [2.05, 4.69) is 10.3 Å². The molecule has 0 spiro atoms. The number of benzene rings is 2. The van der Waals surface area contributed by atoms with Crippen LogP contribution in [0.25, 0.3) is 5.70 Å². The number of ether oxygens (including phenoxy) is 2. The average Bonchev–Trinajstić information content (AvgIpc) is 3.10. The molecular weight excluding hydrogens is 422 g/mol. The Labute approximate surface area is 189 Å². The summed E-state index contributed by atoms with van der Waals surface area (Å²) < 4.78 is 12.5. The van der Waals surface area contributed by atoms with Gasteiger partial charge in [0, 0.05) is 29.4 Å². The first-order valence-corrected chi connectivity index (χ1v) is 10.8. The zero-order chi connectivity index (χ0) is 23.1. The maximum absolute atomic E-state index is 13.6. The number of hydrogen-bond donors (Lipinski definition) is 2. The van der Waals surface area contributed by atoms with Gasteiger partial charge in [0.1, 0.15) is 11.6 Å². The number of aromatic nitrogens is 2. The van der Waals surface area contributed by atoms with Crippen LogP contribution in [0.15, 0.2) is 63.7 Å². The largest absolute Gasteiger partial charge is 0.494 e. The first-order valence-electron chi connectivity index (χ1n) is 10.8. The normalized spacial score (nSPS) is 16.2. The number of nitrogens with one attached hydrogen (secondary N) is 2. The molecule has 0 amide bonds. The quantitative estimate of drug-likeness (QED) is 0.605. The minimum absolute atomic E-state index is 0.149. The third kappa shape index (κ3) is 3.22. The number of methoxy groups -OCH3 is 1. The van der Waals surface area contributed by atoms with Crippen molar-refractivity contribution in [3.63, 3.8) is 0 Å². The number of carbonyl (C=O) groups excluding carboxylic acids is 1. The van der Waals surface area contributed by atoms with E-state index in [4.69, 9.17) is 9.47 Å². The first kappa shape index (κ1) is 21.0. The average molecular weight is 445 g/mol. The molecule has 3 aromatic rings. The van der Waals surface area contributed by atoms with E-state index in [9.17, 15) is 14.4 Å². The number of aromatic amines is 1. The molecule has 0 bridgehead atoms. The number of rotatable bonds is 6. The maximum atomic E-state index is 13.6. The highest BCUT2D eigenvalue weighted by Gasteiger charge is 2.43. The molecule has 0 fully saturated rings. The molecule has 8 heteroatoms. The molecule has 1 aliphatic heterocycles. The summed E-state index contributed by atoms with van der Waals surface area (Å²) in [6.45, 7) is 2.82. The lowest BCUT2D eigenvalue weighted by atomic mass is 9.81. The van der Waals surface area contributed by atoms with Gasteiger partial charge in [-0.1, -0.05) is 42.5 Å². The van der Waals surface area contributed by atoms with Gasteiger partial charge in [0.25, 0.3) is 5.56 Å². The van der Waals surface area contributed by atoms with Gasteiger partial charge in [-0.3, -0.25) is 19.1 Å². The predicted molar refractivity (Wildman–Crippen MR) is 124 cm³/mol. The number of H-pyrrole nitrogens is 1. The molecule has 0 radical (unpaired) electrons. The summed E-state index contributed by atoms with van der Waals surface area (Å²) in [6, 6.07) is 14.7. The van der Waals surface area contributed by atoms with Crippen LogP contribution >= 0.6 is 0 Å². The molecule has 5 rings (SSSR count). The third-order valence-corrected chi connectivity index (χ3v) is 6.06. The van der Waals surface area contributed by atoms with Crippen LogP contribution in [0, 0.1) is 0 Å². The van der Waals surface area contributed by atoms with Gasteiger partial charge in [-0.25, -0.2) is 4.79 Å². The SMILES string of the molecule is CCOc1ccccc1C1C2=C(Nc3c1c(=O)[nH]c(=O)n3CCOC)c1ccccc1C2=O. The highest BCUT2D eigenvalue weighted by atomic mass is 16.5. The van der Waals surface area contributed by atoms with Crippen molar-refractivity contribution in [1.29, 1.82) is 0 Å². The highest BCUT2D eigenvalue weighted by Crippen LogP contribution is 2.49. The van der Waals surface area contributed by atoms with Gasteiger partial charge in [-0.15, -0.1) is 0 Å². The maximum Gasteiger partial charge on any atom is 0.330 e. The van der Waals surface area contributed by atoms with E-state index in [1.165, 1.54) is 4.57 Å². The van der Waals surface area contributed by atoms with Crippen molar-refractivity contribution < 1.29 is 14.3 Å². The Morgan fingerprint density at radius 3 is 2.48 bits per heavy atom. The smallest absolute Gasteiger partial charge is 0.330 e. The third-order valence-electron chi connectivity index (χ3n) is 6.06. The van der Waals surface area contributed by atoms with Gasteiger partial charge in [-0.05, 0) is 13.0 Å². The number of allylic oxidation sites excluding steroid dienone is 1. The number of Topliss-reactive ketones (excluding diaryl/α,β-unsaturated/α-hetero) is 1. The van der Waals surface area contributed by atoms with E-state index in [0.717, 1.165) is 5.56 Å². The Balaban J connectivity index is 1.84. The topological polar surface area (TPSA) is 102 Å². The summed E-state index contributed by atoms with van der Waals surface area (Å²) in [7, 11) is 1.55. The lowest BCUT2D eigenvalue weighted by molar-refractivity contribution is 0.103. The zero-order valence-electron chi connectivity index (χ0n) is 18.3. The van der Waals surface area contributed by atoms with Gasteiger partial charge in [-0.2, -0.15) is 0 Å². The number of nitrogens with zero attached hydrogens (tertiary/aromatic N) is 1. The molecule has 168 valence electrons. The van der Waals surface area contributed by atoms with E-state index in [1.54, 1.807) is 13.2 Å². The van der Waals surface area contributed by atoms with Crippen LogP contribution in [0.5, 0.6) is 5.75 Å². The predicted octanol–water partition coefficient (Wildman–Crippen LogP) is 2.75. The monoisotopic (exact) mass is 445 g/mol. The van der Waals surface area contributed by atoms with Crippen molar-refractivity contribution in [3.8, 4) is 5.75 Å². The minimum Gasteiger partial charge on any atom is -0.494 e. The number of fused-ring (bicyclic) bond motifs is 3. The van der Waals surface area contributed by atoms with Crippen molar-refractivity contribution in [1.82, 2.24) is 9.55 Å². The van der Waals surface area contributed by atoms with Crippen LogP contribution in [0.2, 0.25) is 0 Å². The molecule has 1 unspecified atom stereocenters. The summed E-state index contributed by atoms with van der Waals surface area (Å²) in [5.41, 5.74) is 2.30. The lowest BCUT2D eigenvalue weighted by Gasteiger charge is -2.30. The molecule has 0 saturated carbocycles. The second-order valence-electron chi connectivity index (χ2n) is 7.86. The van der Waals surface area contributed by atoms with Crippen molar-refractivity contribution in [2.24, 2.45) is 0 Å². The van der Waals surface area contributed by atoms with E-state index in [1.807, 2.05) is 49.4 Å². The summed E-state index contributed by atoms with van der Waals surface area (Å²) >= 11 is 0. The number of carbonyl (C=O) groups is 1. The molecule has 1 aromatic heterocycles. The highest BCUT2D eigenvalue weighted by molar-refractivity contribution is 6.23. The van der Waals surface area contributed by atoms with Crippen LogP contribution in [-0.2, 0) is 11.3 Å². The fraction of sp³-hybridized carbons (Fsp3) is 0.240. The number of para-hydroxylation sites is 1. The van der Waals surface area contributed by atoms with Crippen LogP contribution in [0.1, 0.15) is 39.9 Å². The molecule has 0 saturated heterocycles. The van der Waals surface area contributed by atoms with E-state index in [-0.39, 0.29) is 18.9 Å². The van der Waals surface area contributed by atoms with Crippen LogP contribution in [-0.4, -0.2) is 35.7 Å². The summed E-state index contributed by atoms with van der Waals surface area (Å²) in [4.78, 5) is 42.0. The van der Waals surface area contributed by atoms with Crippen molar-refractivity contribution in [3.05, 3.63) is 97.2 Å². The van der Waals surface area contributed by atoms with Gasteiger partial charge in [0.2, 0.25) is 0 Å². The summed E-state index contributed by atoms with van der Waals surface area (Å²) in [5, 5.41) is 3.26. The fourth-order valence-corrected chi connectivity index (χ4v) is 4.68.